The van der Waals surface area contributed by atoms with Crippen LogP contribution in [0.3, 0.4) is 0 Å². The minimum Gasteiger partial charge on any atom is -0.308 e. The molecule has 0 aromatic carbocycles. The molecule has 0 saturated heterocycles. The zero-order valence-electron chi connectivity index (χ0n) is 9.45. The maximum atomic E-state index is 4.15. The minimum atomic E-state index is 0.746. The Morgan fingerprint density at radius 1 is 1.47 bits per heavy atom. The van der Waals surface area contributed by atoms with E-state index >= 15 is 0 Å². The molecule has 1 fully saturated rings. The maximum Gasteiger partial charge on any atom is 0.0964 e. The van der Waals surface area contributed by atoms with Gasteiger partial charge in [-0.3, -0.25) is 4.68 Å². The lowest BCUT2D eigenvalue weighted by molar-refractivity contribution is 0.537. The summed E-state index contributed by atoms with van der Waals surface area (Å²) in [5.41, 5.74) is 1.07. The fourth-order valence-corrected chi connectivity index (χ4v) is 1.59. The lowest BCUT2D eigenvalue weighted by Crippen LogP contribution is -2.15. The number of hydrogen-bond acceptors (Lipinski definition) is 3. The van der Waals surface area contributed by atoms with Crippen LogP contribution in [0.25, 0.3) is 0 Å². The molecule has 1 aromatic heterocycles. The van der Waals surface area contributed by atoms with E-state index in [1.165, 1.54) is 32.1 Å². The van der Waals surface area contributed by atoms with E-state index in [9.17, 15) is 0 Å². The third-order valence-electron chi connectivity index (χ3n) is 2.73. The van der Waals surface area contributed by atoms with E-state index in [1.807, 2.05) is 4.68 Å². The second-order valence-corrected chi connectivity index (χ2v) is 4.34. The highest BCUT2D eigenvalue weighted by Crippen LogP contribution is 2.18. The molecule has 15 heavy (non-hydrogen) atoms. The monoisotopic (exact) mass is 208 g/mol. The molecule has 0 aliphatic heterocycles. The summed E-state index contributed by atoms with van der Waals surface area (Å²) in [5, 5.41) is 11.7. The number of nitrogens with one attached hydrogen (secondary N) is 1. The molecule has 1 heterocycles. The van der Waals surface area contributed by atoms with E-state index < -0.39 is 0 Å². The van der Waals surface area contributed by atoms with Crippen LogP contribution in [0.4, 0.5) is 0 Å². The average Bonchev–Trinajstić information content (AvgIpc) is 2.97. The van der Waals surface area contributed by atoms with E-state index in [-0.39, 0.29) is 0 Å². The lowest BCUT2D eigenvalue weighted by atomic mass is 10.2. The third kappa shape index (κ3) is 3.63. The quantitative estimate of drug-likeness (QED) is 0.694. The normalized spacial score (nSPS) is 15.8. The van der Waals surface area contributed by atoms with Gasteiger partial charge in [-0.05, 0) is 19.3 Å². The predicted octanol–water partition coefficient (Wildman–Crippen LogP) is 1.72. The first-order valence-electron chi connectivity index (χ1n) is 6.01. The van der Waals surface area contributed by atoms with Crippen LogP contribution in [0.5, 0.6) is 0 Å². The van der Waals surface area contributed by atoms with Crippen molar-refractivity contribution in [3.63, 3.8) is 0 Å². The predicted molar refractivity (Wildman–Crippen MR) is 59.4 cm³/mol. The number of nitrogens with zero attached hydrogens (tertiary/aromatic N) is 3. The summed E-state index contributed by atoms with van der Waals surface area (Å²) in [6.45, 7) is 4.09. The molecule has 1 N–H and O–H groups in total. The number of unbranched alkanes of at least 4 members (excludes halogenated alkanes) is 2. The molecular weight excluding hydrogens is 188 g/mol. The van der Waals surface area contributed by atoms with Crippen LogP contribution in [0.15, 0.2) is 6.20 Å². The van der Waals surface area contributed by atoms with Gasteiger partial charge < -0.3 is 5.32 Å². The van der Waals surface area contributed by atoms with E-state index in [1.54, 1.807) is 0 Å². The van der Waals surface area contributed by atoms with Gasteiger partial charge in [0.15, 0.2) is 0 Å². The summed E-state index contributed by atoms with van der Waals surface area (Å²) in [6.07, 6.45) is 8.44. The number of hydrogen-bond donors (Lipinski definition) is 1. The van der Waals surface area contributed by atoms with Gasteiger partial charge >= 0.3 is 0 Å². The van der Waals surface area contributed by atoms with Crippen LogP contribution in [0.2, 0.25) is 0 Å². The molecule has 4 heteroatoms. The molecule has 0 spiro atoms. The first-order chi connectivity index (χ1) is 7.38. The van der Waals surface area contributed by atoms with Gasteiger partial charge in [-0.15, -0.1) is 5.10 Å². The van der Waals surface area contributed by atoms with Gasteiger partial charge in [0.05, 0.1) is 5.69 Å². The van der Waals surface area contributed by atoms with Crippen molar-refractivity contribution >= 4 is 0 Å². The second kappa shape index (κ2) is 5.26. The van der Waals surface area contributed by atoms with E-state index in [0.29, 0.717) is 0 Å². The molecule has 0 atom stereocenters. The molecule has 1 aliphatic carbocycles. The first-order valence-corrected chi connectivity index (χ1v) is 6.01. The SMILES string of the molecule is CCCCCn1cc(CNC2CC2)nn1. The molecule has 0 radical (unpaired) electrons. The molecule has 2 rings (SSSR count). The summed E-state index contributed by atoms with van der Waals surface area (Å²) < 4.78 is 1.96. The molecule has 0 amide bonds. The Balaban J connectivity index is 1.70. The topological polar surface area (TPSA) is 42.7 Å². The van der Waals surface area contributed by atoms with E-state index in [2.05, 4.69) is 28.7 Å². The van der Waals surface area contributed by atoms with Crippen molar-refractivity contribution in [3.8, 4) is 0 Å². The Bertz CT molecular complexity index is 291. The lowest BCUT2D eigenvalue weighted by Gasteiger charge is -1.98. The number of aryl methyl sites for hydroxylation is 1. The zero-order chi connectivity index (χ0) is 10.5. The third-order valence-corrected chi connectivity index (χ3v) is 2.73. The van der Waals surface area contributed by atoms with Gasteiger partial charge in [-0.25, -0.2) is 0 Å². The zero-order valence-corrected chi connectivity index (χ0v) is 9.45. The van der Waals surface area contributed by atoms with Crippen LogP contribution in [-0.2, 0) is 13.1 Å². The Morgan fingerprint density at radius 2 is 2.33 bits per heavy atom. The Hall–Kier alpha value is -0.900. The van der Waals surface area contributed by atoms with Gasteiger partial charge in [-0.2, -0.15) is 0 Å². The van der Waals surface area contributed by atoms with Crippen molar-refractivity contribution in [2.45, 2.75) is 58.2 Å². The molecule has 1 saturated carbocycles. The van der Waals surface area contributed by atoms with E-state index in [4.69, 9.17) is 0 Å². The van der Waals surface area contributed by atoms with Crippen molar-refractivity contribution in [2.24, 2.45) is 0 Å². The van der Waals surface area contributed by atoms with Crippen molar-refractivity contribution in [1.29, 1.82) is 0 Å². The van der Waals surface area contributed by atoms with Crippen LogP contribution in [0, 0.1) is 0 Å². The largest absolute Gasteiger partial charge is 0.308 e. The minimum absolute atomic E-state index is 0.746. The molecule has 4 nitrogen and oxygen atoms in total. The van der Waals surface area contributed by atoms with Crippen molar-refractivity contribution < 1.29 is 0 Å². The van der Waals surface area contributed by atoms with E-state index in [0.717, 1.165) is 24.8 Å². The standard InChI is InChI=1S/C11H20N4/c1-2-3-4-7-15-9-11(13-14-15)8-12-10-5-6-10/h9-10,12H,2-8H2,1H3. The van der Waals surface area contributed by atoms with Gasteiger partial charge in [0, 0.05) is 25.3 Å². The Labute approximate surface area is 91.1 Å². The molecule has 84 valence electrons. The highest BCUT2D eigenvalue weighted by atomic mass is 15.4. The fraction of sp³-hybridized carbons (Fsp3) is 0.818. The van der Waals surface area contributed by atoms with Crippen molar-refractivity contribution in [3.05, 3.63) is 11.9 Å². The first kappa shape index (κ1) is 10.6. The van der Waals surface area contributed by atoms with Gasteiger partial charge in [0.2, 0.25) is 0 Å². The highest BCUT2D eigenvalue weighted by Gasteiger charge is 2.20. The van der Waals surface area contributed by atoms with Crippen molar-refractivity contribution in [2.75, 3.05) is 0 Å². The van der Waals surface area contributed by atoms with Gasteiger partial charge in [-0.1, -0.05) is 25.0 Å². The van der Waals surface area contributed by atoms with Gasteiger partial charge in [0.1, 0.15) is 0 Å². The van der Waals surface area contributed by atoms with Gasteiger partial charge in [0.25, 0.3) is 0 Å². The Kier molecular flexibility index (Phi) is 3.72. The summed E-state index contributed by atoms with van der Waals surface area (Å²) in [7, 11) is 0. The van der Waals surface area contributed by atoms with Crippen LogP contribution < -0.4 is 5.32 Å². The maximum absolute atomic E-state index is 4.15. The number of aromatic nitrogens is 3. The summed E-state index contributed by atoms with van der Waals surface area (Å²) in [5.74, 6) is 0. The van der Waals surface area contributed by atoms with Crippen molar-refractivity contribution in [1.82, 2.24) is 20.3 Å². The van der Waals surface area contributed by atoms with Crippen LogP contribution >= 0.6 is 0 Å². The highest BCUT2D eigenvalue weighted by molar-refractivity contribution is 4.94. The van der Waals surface area contributed by atoms with Crippen LogP contribution in [0.1, 0.15) is 44.7 Å². The summed E-state index contributed by atoms with van der Waals surface area (Å²) in [4.78, 5) is 0. The molecular formula is C11H20N4. The fourth-order valence-electron chi connectivity index (χ4n) is 1.59. The molecule has 1 aliphatic rings. The Morgan fingerprint density at radius 3 is 3.07 bits per heavy atom. The average molecular weight is 208 g/mol. The van der Waals surface area contributed by atoms with Crippen LogP contribution in [-0.4, -0.2) is 21.0 Å². The second-order valence-electron chi connectivity index (χ2n) is 4.34. The smallest absolute Gasteiger partial charge is 0.0964 e. The molecule has 0 unspecified atom stereocenters. The number of rotatable bonds is 7. The summed E-state index contributed by atoms with van der Waals surface area (Å²) in [6, 6.07) is 0.746. The molecule has 0 bridgehead atoms. The summed E-state index contributed by atoms with van der Waals surface area (Å²) >= 11 is 0. The molecule has 1 aromatic rings.